The zero-order valence-electron chi connectivity index (χ0n) is 14.9. The predicted octanol–water partition coefficient (Wildman–Crippen LogP) is 2.67. The lowest BCUT2D eigenvalue weighted by molar-refractivity contribution is -0.161. The fraction of sp³-hybridized carbons (Fsp3) is 0.944. The van der Waals surface area contributed by atoms with Crippen LogP contribution in [-0.2, 0) is 9.53 Å². The van der Waals surface area contributed by atoms with Gasteiger partial charge >= 0.3 is 5.97 Å². The Hall–Kier alpha value is -0.650. The van der Waals surface area contributed by atoms with Gasteiger partial charge < -0.3 is 15.2 Å². The lowest BCUT2D eigenvalue weighted by atomic mass is 10.1. The van der Waals surface area contributed by atoms with Crippen molar-refractivity contribution in [2.24, 2.45) is 0 Å². The van der Waals surface area contributed by atoms with Gasteiger partial charge in [-0.25, -0.2) is 0 Å². The molecule has 0 aromatic carbocycles. The lowest BCUT2D eigenvalue weighted by Crippen LogP contribution is -2.53. The highest BCUT2D eigenvalue weighted by atomic mass is 16.6. The van der Waals surface area contributed by atoms with Crippen LogP contribution in [0.4, 0.5) is 0 Å². The van der Waals surface area contributed by atoms with Crippen LogP contribution < -0.4 is 5.32 Å². The second kappa shape index (κ2) is 13.8. The van der Waals surface area contributed by atoms with Gasteiger partial charge in [0.1, 0.15) is 0 Å². The molecule has 1 aliphatic heterocycles. The molecule has 0 spiro atoms. The van der Waals surface area contributed by atoms with Gasteiger partial charge in [-0.1, -0.05) is 58.3 Å². The molecule has 136 valence electrons. The number of nitrogens with one attached hydrogen (secondary N) is 1. The zero-order valence-corrected chi connectivity index (χ0v) is 14.9. The van der Waals surface area contributed by atoms with Gasteiger partial charge in [-0.3, -0.25) is 9.69 Å². The van der Waals surface area contributed by atoms with Crippen LogP contribution in [0.2, 0.25) is 0 Å². The minimum Gasteiger partial charge on any atom is -0.445 e. The number of carbonyl (C=O) groups is 1. The van der Waals surface area contributed by atoms with E-state index in [1.165, 1.54) is 44.9 Å². The molecular weight excluding hydrogens is 292 g/mol. The minimum atomic E-state index is -0.220. The Labute approximate surface area is 141 Å². The van der Waals surface area contributed by atoms with Gasteiger partial charge in [-0.2, -0.15) is 0 Å². The molecule has 1 atom stereocenters. The largest absolute Gasteiger partial charge is 0.445 e. The summed E-state index contributed by atoms with van der Waals surface area (Å²) in [7, 11) is 0. The van der Waals surface area contributed by atoms with E-state index in [0.717, 1.165) is 25.9 Å². The maximum absolute atomic E-state index is 11.9. The summed E-state index contributed by atoms with van der Waals surface area (Å²) >= 11 is 0. The molecule has 0 aliphatic carbocycles. The third-order valence-corrected chi connectivity index (χ3v) is 4.44. The molecule has 1 aliphatic rings. The zero-order chi connectivity index (χ0) is 16.8. The Morgan fingerprint density at radius 3 is 2.43 bits per heavy atom. The molecule has 23 heavy (non-hydrogen) atoms. The standard InChI is InChI=1S/C18H36N2O3/c1-2-3-4-5-6-7-8-9-10-11-18(22)23-17-16-19-12-13-20(17)14-15-21/h17,19,21H,2-16H2,1H3. The molecule has 5 nitrogen and oxygen atoms in total. The Balaban J connectivity index is 2.01. The van der Waals surface area contributed by atoms with Crippen molar-refractivity contribution in [3.8, 4) is 0 Å². The van der Waals surface area contributed by atoms with Gasteiger partial charge in [0.05, 0.1) is 6.61 Å². The molecule has 0 amide bonds. The summed E-state index contributed by atoms with van der Waals surface area (Å²) in [5.41, 5.74) is 0. The smallest absolute Gasteiger partial charge is 0.307 e. The second-order valence-corrected chi connectivity index (χ2v) is 6.49. The Morgan fingerprint density at radius 1 is 1.13 bits per heavy atom. The fourth-order valence-electron chi connectivity index (χ4n) is 3.01. The molecule has 1 fully saturated rings. The summed E-state index contributed by atoms with van der Waals surface area (Å²) in [5, 5.41) is 12.3. The van der Waals surface area contributed by atoms with Gasteiger partial charge in [-0.15, -0.1) is 0 Å². The van der Waals surface area contributed by atoms with Gasteiger partial charge in [0, 0.05) is 32.6 Å². The van der Waals surface area contributed by atoms with Gasteiger partial charge in [0.2, 0.25) is 0 Å². The minimum absolute atomic E-state index is 0.103. The first-order chi connectivity index (χ1) is 11.3. The number of rotatable bonds is 13. The number of esters is 1. The van der Waals surface area contributed by atoms with E-state index in [1.54, 1.807) is 0 Å². The van der Waals surface area contributed by atoms with Crippen molar-refractivity contribution in [3.05, 3.63) is 0 Å². The first kappa shape index (κ1) is 20.4. The number of hydrogen-bond donors (Lipinski definition) is 2. The van der Waals surface area contributed by atoms with Crippen molar-refractivity contribution in [1.29, 1.82) is 0 Å². The van der Waals surface area contributed by atoms with E-state index < -0.39 is 0 Å². The summed E-state index contributed by atoms with van der Waals surface area (Å²) in [4.78, 5) is 14.0. The Bertz CT molecular complexity index is 298. The van der Waals surface area contributed by atoms with Crippen molar-refractivity contribution in [3.63, 3.8) is 0 Å². The maximum Gasteiger partial charge on any atom is 0.307 e. The second-order valence-electron chi connectivity index (χ2n) is 6.49. The molecule has 0 saturated carbocycles. The van der Waals surface area contributed by atoms with Crippen molar-refractivity contribution in [1.82, 2.24) is 10.2 Å². The van der Waals surface area contributed by atoms with Crippen LogP contribution in [-0.4, -0.2) is 55.0 Å². The van der Waals surface area contributed by atoms with E-state index in [-0.39, 0.29) is 18.8 Å². The molecule has 1 saturated heterocycles. The molecule has 0 aromatic heterocycles. The molecule has 5 heteroatoms. The average Bonchev–Trinajstić information content (AvgIpc) is 2.55. The summed E-state index contributed by atoms with van der Waals surface area (Å²) in [6.07, 6.45) is 11.5. The average molecular weight is 328 g/mol. The highest BCUT2D eigenvalue weighted by molar-refractivity contribution is 5.69. The highest BCUT2D eigenvalue weighted by Crippen LogP contribution is 2.12. The third kappa shape index (κ3) is 9.95. The number of ether oxygens (including phenoxy) is 1. The van der Waals surface area contributed by atoms with E-state index in [9.17, 15) is 4.79 Å². The number of hydrogen-bond acceptors (Lipinski definition) is 5. The summed E-state index contributed by atoms with van der Waals surface area (Å²) in [6, 6.07) is 0. The lowest BCUT2D eigenvalue weighted by Gasteiger charge is -2.34. The van der Waals surface area contributed by atoms with Gasteiger partial charge in [-0.05, 0) is 6.42 Å². The number of aliphatic hydroxyl groups is 1. The maximum atomic E-state index is 11.9. The fourth-order valence-corrected chi connectivity index (χ4v) is 3.01. The number of β-amino-alcohol motifs (C(OH)–C–C–N with tert-alkyl or cyclic N) is 1. The highest BCUT2D eigenvalue weighted by Gasteiger charge is 2.24. The van der Waals surface area contributed by atoms with Crippen LogP contribution in [0.5, 0.6) is 0 Å². The molecule has 1 unspecified atom stereocenters. The molecular formula is C18H36N2O3. The number of piperazine rings is 1. The molecule has 1 heterocycles. The normalized spacial score (nSPS) is 19.0. The third-order valence-electron chi connectivity index (χ3n) is 4.44. The summed E-state index contributed by atoms with van der Waals surface area (Å²) in [6.45, 7) is 5.27. The SMILES string of the molecule is CCCCCCCCCCCC(=O)OC1CNCCN1CCO. The Morgan fingerprint density at radius 2 is 1.78 bits per heavy atom. The van der Waals surface area contributed by atoms with Crippen molar-refractivity contribution >= 4 is 5.97 Å². The molecule has 0 aromatic rings. The van der Waals surface area contributed by atoms with Crippen molar-refractivity contribution < 1.29 is 14.6 Å². The first-order valence-corrected chi connectivity index (χ1v) is 9.53. The van der Waals surface area contributed by atoms with E-state index in [1.807, 2.05) is 4.90 Å². The number of nitrogens with zero attached hydrogens (tertiary/aromatic N) is 1. The van der Waals surface area contributed by atoms with Crippen LogP contribution in [0.1, 0.15) is 71.1 Å². The Kier molecular flexibility index (Phi) is 12.2. The molecule has 1 rings (SSSR count). The summed E-state index contributed by atoms with van der Waals surface area (Å²) < 4.78 is 5.54. The molecule has 0 radical (unpaired) electrons. The van der Waals surface area contributed by atoms with Gasteiger partial charge in [0.25, 0.3) is 0 Å². The van der Waals surface area contributed by atoms with Crippen LogP contribution in [0.15, 0.2) is 0 Å². The number of carbonyl (C=O) groups excluding carboxylic acids is 1. The van der Waals surface area contributed by atoms with Crippen LogP contribution in [0, 0.1) is 0 Å². The van der Waals surface area contributed by atoms with Crippen LogP contribution in [0.25, 0.3) is 0 Å². The van der Waals surface area contributed by atoms with E-state index in [4.69, 9.17) is 9.84 Å². The monoisotopic (exact) mass is 328 g/mol. The molecule has 0 bridgehead atoms. The molecule has 2 N–H and O–H groups in total. The van der Waals surface area contributed by atoms with Crippen LogP contribution in [0.3, 0.4) is 0 Å². The van der Waals surface area contributed by atoms with E-state index >= 15 is 0 Å². The quantitative estimate of drug-likeness (QED) is 0.402. The first-order valence-electron chi connectivity index (χ1n) is 9.53. The predicted molar refractivity (Wildman–Crippen MR) is 93.3 cm³/mol. The van der Waals surface area contributed by atoms with Gasteiger partial charge in [0.15, 0.2) is 6.23 Å². The van der Waals surface area contributed by atoms with Crippen molar-refractivity contribution in [2.45, 2.75) is 77.4 Å². The number of unbranched alkanes of at least 4 members (excludes halogenated alkanes) is 8. The van der Waals surface area contributed by atoms with Crippen molar-refractivity contribution in [2.75, 3.05) is 32.8 Å². The van der Waals surface area contributed by atoms with Crippen LogP contribution >= 0.6 is 0 Å². The number of aliphatic hydroxyl groups excluding tert-OH is 1. The topological polar surface area (TPSA) is 61.8 Å². The van der Waals surface area contributed by atoms with E-state index in [0.29, 0.717) is 19.5 Å². The van der Waals surface area contributed by atoms with E-state index in [2.05, 4.69) is 12.2 Å². The summed E-state index contributed by atoms with van der Waals surface area (Å²) in [5.74, 6) is -0.107.